The zero-order valence-corrected chi connectivity index (χ0v) is 16.0. The molecule has 2 aromatic carbocycles. The van der Waals surface area contributed by atoms with Crippen molar-refractivity contribution >= 4 is 17.7 Å². The minimum atomic E-state index is -4.34. The van der Waals surface area contributed by atoms with E-state index in [0.29, 0.717) is 12.1 Å². The number of nitrogens with zero attached hydrogens (tertiary/aromatic N) is 1. The van der Waals surface area contributed by atoms with Crippen molar-refractivity contribution in [3.8, 4) is 0 Å². The predicted molar refractivity (Wildman–Crippen MR) is 102 cm³/mol. The number of ether oxygens (including phenoxy) is 1. The van der Waals surface area contributed by atoms with Gasteiger partial charge in [-0.1, -0.05) is 24.3 Å². The second-order valence-corrected chi connectivity index (χ2v) is 7.60. The van der Waals surface area contributed by atoms with E-state index in [4.69, 9.17) is 4.74 Å². The summed E-state index contributed by atoms with van der Waals surface area (Å²) < 4.78 is 42.4. The van der Waals surface area contributed by atoms with Crippen molar-refractivity contribution in [1.82, 2.24) is 10.2 Å². The van der Waals surface area contributed by atoms with Crippen molar-refractivity contribution in [2.24, 2.45) is 0 Å². The maximum Gasteiger partial charge on any atom is 0.446 e. The zero-order valence-electron chi connectivity index (χ0n) is 15.2. The molecule has 1 N–H and O–H groups in total. The number of hydrogen-bond donors (Lipinski definition) is 1. The number of nitrogens with one attached hydrogen (secondary N) is 1. The molecule has 1 saturated heterocycles. The largest absolute Gasteiger partial charge is 0.446 e. The fraction of sp³-hybridized carbons (Fsp3) is 0.350. The van der Waals surface area contributed by atoms with Gasteiger partial charge in [-0.2, -0.15) is 13.2 Å². The monoisotopic (exact) mass is 410 g/mol. The van der Waals surface area contributed by atoms with Crippen molar-refractivity contribution < 1.29 is 22.7 Å². The van der Waals surface area contributed by atoms with Crippen molar-refractivity contribution in [1.29, 1.82) is 0 Å². The zero-order chi connectivity index (χ0) is 20.0. The molecule has 0 aromatic heterocycles. The second-order valence-electron chi connectivity index (χ2n) is 6.46. The maximum absolute atomic E-state index is 12.3. The van der Waals surface area contributed by atoms with Gasteiger partial charge >= 0.3 is 5.51 Å². The fourth-order valence-electron chi connectivity index (χ4n) is 2.87. The van der Waals surface area contributed by atoms with E-state index in [1.165, 1.54) is 29.8 Å². The number of carbonyl (C=O) groups is 1. The Morgan fingerprint density at radius 3 is 2.21 bits per heavy atom. The molecule has 0 radical (unpaired) electrons. The minimum absolute atomic E-state index is 0.0555. The lowest BCUT2D eigenvalue weighted by Crippen LogP contribution is -2.35. The molecule has 0 bridgehead atoms. The Morgan fingerprint density at radius 2 is 1.61 bits per heavy atom. The number of carbonyl (C=O) groups excluding carboxylic acids is 1. The summed E-state index contributed by atoms with van der Waals surface area (Å²) in [5, 5.41) is 2.79. The molecule has 1 heterocycles. The first-order chi connectivity index (χ1) is 13.4. The number of rotatable bonds is 6. The van der Waals surface area contributed by atoms with Crippen LogP contribution in [0.2, 0.25) is 0 Å². The van der Waals surface area contributed by atoms with Crippen LogP contribution in [0.3, 0.4) is 0 Å². The smallest absolute Gasteiger partial charge is 0.379 e. The molecule has 0 aliphatic carbocycles. The van der Waals surface area contributed by atoms with Crippen LogP contribution in [0.4, 0.5) is 13.2 Å². The SMILES string of the molecule is O=C(NCc1ccc(CN2CCOCC2)cc1)c1ccc(SC(F)(F)F)cc1. The van der Waals surface area contributed by atoms with Crippen LogP contribution in [0.1, 0.15) is 21.5 Å². The average Bonchev–Trinajstić information content (AvgIpc) is 2.67. The van der Waals surface area contributed by atoms with Crippen molar-refractivity contribution in [2.75, 3.05) is 26.3 Å². The van der Waals surface area contributed by atoms with Gasteiger partial charge in [-0.3, -0.25) is 9.69 Å². The number of hydrogen-bond acceptors (Lipinski definition) is 4. The molecule has 1 aliphatic rings. The molecule has 1 aliphatic heterocycles. The van der Waals surface area contributed by atoms with E-state index >= 15 is 0 Å². The first-order valence-electron chi connectivity index (χ1n) is 8.91. The van der Waals surface area contributed by atoms with Crippen LogP contribution in [0, 0.1) is 0 Å². The molecule has 0 spiro atoms. The number of alkyl halides is 3. The highest BCUT2D eigenvalue weighted by Crippen LogP contribution is 2.36. The van der Waals surface area contributed by atoms with E-state index in [0.717, 1.165) is 38.4 Å². The number of halogens is 3. The molecule has 0 saturated carbocycles. The molecule has 28 heavy (non-hydrogen) atoms. The van der Waals surface area contributed by atoms with Gasteiger partial charge in [0.25, 0.3) is 5.91 Å². The van der Waals surface area contributed by atoms with Crippen molar-refractivity contribution in [3.63, 3.8) is 0 Å². The molecule has 1 amide bonds. The molecular formula is C20H21F3N2O2S. The quantitative estimate of drug-likeness (QED) is 0.730. The normalized spacial score (nSPS) is 15.4. The summed E-state index contributed by atoms with van der Waals surface area (Å²) in [6.07, 6.45) is 0. The van der Waals surface area contributed by atoms with E-state index in [9.17, 15) is 18.0 Å². The summed E-state index contributed by atoms with van der Waals surface area (Å²) in [6.45, 7) is 4.62. The van der Waals surface area contributed by atoms with Gasteiger partial charge in [0.1, 0.15) is 0 Å². The summed E-state index contributed by atoms with van der Waals surface area (Å²) in [4.78, 5) is 14.6. The van der Waals surface area contributed by atoms with Crippen LogP contribution >= 0.6 is 11.8 Å². The van der Waals surface area contributed by atoms with E-state index in [-0.39, 0.29) is 22.6 Å². The van der Waals surface area contributed by atoms with Gasteiger partial charge in [-0.15, -0.1) is 0 Å². The Hall–Kier alpha value is -2.03. The third kappa shape index (κ3) is 6.54. The Bertz CT molecular complexity index is 774. The van der Waals surface area contributed by atoms with E-state index < -0.39 is 5.51 Å². The molecular weight excluding hydrogens is 389 g/mol. The summed E-state index contributed by atoms with van der Waals surface area (Å²) >= 11 is -0.197. The molecule has 0 atom stereocenters. The highest BCUT2D eigenvalue weighted by molar-refractivity contribution is 8.00. The minimum Gasteiger partial charge on any atom is -0.379 e. The molecule has 2 aromatic rings. The van der Waals surface area contributed by atoms with Gasteiger partial charge in [-0.25, -0.2) is 0 Å². The average molecular weight is 410 g/mol. The van der Waals surface area contributed by atoms with Gasteiger partial charge in [0.05, 0.1) is 13.2 Å². The predicted octanol–water partition coefficient (Wildman–Crippen LogP) is 4.06. The van der Waals surface area contributed by atoms with E-state index in [2.05, 4.69) is 10.2 Å². The number of benzene rings is 2. The summed E-state index contributed by atoms with van der Waals surface area (Å²) in [6, 6.07) is 13.4. The Kier molecular flexibility index (Phi) is 6.98. The Labute approximate surface area is 166 Å². The summed E-state index contributed by atoms with van der Waals surface area (Å²) in [5.41, 5.74) is -1.84. The third-order valence-electron chi connectivity index (χ3n) is 4.34. The van der Waals surface area contributed by atoms with Crippen LogP contribution in [0.5, 0.6) is 0 Å². The molecule has 4 nitrogen and oxygen atoms in total. The van der Waals surface area contributed by atoms with Gasteiger partial charge in [0.15, 0.2) is 0 Å². The fourth-order valence-corrected chi connectivity index (χ4v) is 3.41. The topological polar surface area (TPSA) is 41.6 Å². The van der Waals surface area contributed by atoms with Gasteiger partial charge in [0, 0.05) is 36.6 Å². The number of morpholine rings is 1. The van der Waals surface area contributed by atoms with Gasteiger partial charge < -0.3 is 10.1 Å². The summed E-state index contributed by atoms with van der Waals surface area (Å²) in [7, 11) is 0. The summed E-state index contributed by atoms with van der Waals surface area (Å²) in [5.74, 6) is -0.319. The van der Waals surface area contributed by atoms with Crippen molar-refractivity contribution in [2.45, 2.75) is 23.5 Å². The Balaban J connectivity index is 1.48. The van der Waals surface area contributed by atoms with E-state index in [1.54, 1.807) is 0 Å². The van der Waals surface area contributed by atoms with Gasteiger partial charge in [0.2, 0.25) is 0 Å². The van der Waals surface area contributed by atoms with Crippen LogP contribution in [-0.2, 0) is 17.8 Å². The standard InChI is InChI=1S/C20H21F3N2O2S/c21-20(22,23)28-18-7-5-17(6-8-18)19(26)24-13-15-1-3-16(4-2-15)14-25-9-11-27-12-10-25/h1-8H,9-14H2,(H,24,26). The molecule has 150 valence electrons. The molecule has 1 fully saturated rings. The molecule has 8 heteroatoms. The lowest BCUT2D eigenvalue weighted by Gasteiger charge is -2.26. The van der Waals surface area contributed by atoms with Crippen LogP contribution in [0.15, 0.2) is 53.4 Å². The first-order valence-corrected chi connectivity index (χ1v) is 9.73. The van der Waals surface area contributed by atoms with Gasteiger partial charge in [-0.05, 0) is 47.2 Å². The van der Waals surface area contributed by atoms with Crippen LogP contribution in [-0.4, -0.2) is 42.6 Å². The molecule has 0 unspecified atom stereocenters. The first kappa shape index (κ1) is 20.7. The lowest BCUT2D eigenvalue weighted by molar-refractivity contribution is -0.0328. The third-order valence-corrected chi connectivity index (χ3v) is 5.08. The second kappa shape index (κ2) is 9.45. The van der Waals surface area contributed by atoms with Crippen LogP contribution < -0.4 is 5.32 Å². The number of thioether (sulfide) groups is 1. The highest BCUT2D eigenvalue weighted by atomic mass is 32.2. The van der Waals surface area contributed by atoms with Crippen molar-refractivity contribution in [3.05, 3.63) is 65.2 Å². The number of amides is 1. The maximum atomic E-state index is 12.3. The highest BCUT2D eigenvalue weighted by Gasteiger charge is 2.29. The lowest BCUT2D eigenvalue weighted by atomic mass is 10.1. The Morgan fingerprint density at radius 1 is 1.00 bits per heavy atom. The van der Waals surface area contributed by atoms with Crippen LogP contribution in [0.25, 0.3) is 0 Å². The van der Waals surface area contributed by atoms with E-state index in [1.807, 2.05) is 24.3 Å². The molecule has 3 rings (SSSR count).